The van der Waals surface area contributed by atoms with E-state index in [1.54, 1.807) is 0 Å². The number of esters is 1. The summed E-state index contributed by atoms with van der Waals surface area (Å²) in [6.45, 7) is 0. The van der Waals surface area contributed by atoms with Crippen molar-refractivity contribution in [2.45, 2.75) is 12.8 Å². The third kappa shape index (κ3) is 4.55. The molecule has 0 atom stereocenters. The number of nitro benzene ring substituents is 1. The molecule has 0 saturated heterocycles. The number of carbonyl (C=O) groups excluding carboxylic acids is 2. The van der Waals surface area contributed by atoms with Crippen molar-refractivity contribution < 1.29 is 19.2 Å². The van der Waals surface area contributed by atoms with Crippen molar-refractivity contribution in [3.63, 3.8) is 0 Å². The molecule has 0 radical (unpaired) electrons. The molecule has 1 amide bonds. The van der Waals surface area contributed by atoms with E-state index in [0.717, 1.165) is 6.07 Å². The highest BCUT2D eigenvalue weighted by Crippen LogP contribution is 2.27. The largest absolute Gasteiger partial charge is 0.469 e. The number of benzene rings is 1. The van der Waals surface area contributed by atoms with Gasteiger partial charge in [0.05, 0.1) is 18.5 Å². The van der Waals surface area contributed by atoms with E-state index in [9.17, 15) is 19.7 Å². The lowest BCUT2D eigenvalue weighted by molar-refractivity contribution is -0.384. The number of ether oxygens (including phenoxy) is 1. The van der Waals surface area contributed by atoms with Crippen molar-refractivity contribution in [3.05, 3.63) is 33.3 Å². The fourth-order valence-corrected chi connectivity index (χ4v) is 1.46. The highest BCUT2D eigenvalue weighted by molar-refractivity contribution is 6.32. The number of carbonyl (C=O) groups is 2. The van der Waals surface area contributed by atoms with Crippen LogP contribution in [0.3, 0.4) is 0 Å². The molecule has 0 aliphatic carbocycles. The standard InChI is InChI=1S/C11H11ClN2O5/c1-19-11(16)5-4-10(15)13-7-2-3-8(12)9(6-7)14(17)18/h2-3,6H,4-5H2,1H3,(H,13,15). The molecule has 102 valence electrons. The summed E-state index contributed by atoms with van der Waals surface area (Å²) in [5.74, 6) is -0.945. The van der Waals surface area contributed by atoms with Gasteiger partial charge in [-0.1, -0.05) is 11.6 Å². The molecular weight excluding hydrogens is 276 g/mol. The van der Waals surface area contributed by atoms with Gasteiger partial charge in [0.25, 0.3) is 5.69 Å². The van der Waals surface area contributed by atoms with Crippen LogP contribution in [0, 0.1) is 10.1 Å². The number of amides is 1. The Bertz CT molecular complexity index is 518. The lowest BCUT2D eigenvalue weighted by Crippen LogP contribution is -2.14. The van der Waals surface area contributed by atoms with E-state index in [1.807, 2.05) is 0 Å². The number of halogens is 1. The van der Waals surface area contributed by atoms with E-state index < -0.39 is 16.8 Å². The van der Waals surface area contributed by atoms with E-state index in [4.69, 9.17) is 11.6 Å². The molecule has 0 spiro atoms. The molecular formula is C11H11ClN2O5. The van der Waals surface area contributed by atoms with Crippen LogP contribution >= 0.6 is 11.6 Å². The highest BCUT2D eigenvalue weighted by Gasteiger charge is 2.14. The van der Waals surface area contributed by atoms with Crippen molar-refractivity contribution in [1.29, 1.82) is 0 Å². The van der Waals surface area contributed by atoms with Gasteiger partial charge in [0.1, 0.15) is 5.02 Å². The Morgan fingerprint density at radius 3 is 2.68 bits per heavy atom. The van der Waals surface area contributed by atoms with Crippen LogP contribution in [0.15, 0.2) is 18.2 Å². The van der Waals surface area contributed by atoms with Crippen LogP contribution in [-0.4, -0.2) is 23.9 Å². The minimum atomic E-state index is -0.646. The van der Waals surface area contributed by atoms with Gasteiger partial charge >= 0.3 is 5.97 Å². The van der Waals surface area contributed by atoms with Crippen LogP contribution in [0.1, 0.15) is 12.8 Å². The molecule has 1 aromatic rings. The van der Waals surface area contributed by atoms with Gasteiger partial charge < -0.3 is 10.1 Å². The number of nitro groups is 1. The Labute approximate surface area is 113 Å². The molecule has 8 heteroatoms. The van der Waals surface area contributed by atoms with Crippen LogP contribution in [0.2, 0.25) is 5.02 Å². The summed E-state index contributed by atoms with van der Waals surface area (Å²) in [6.07, 6.45) is -0.124. The monoisotopic (exact) mass is 286 g/mol. The molecule has 0 bridgehead atoms. The molecule has 1 aromatic carbocycles. The average Bonchev–Trinajstić information content (AvgIpc) is 2.37. The van der Waals surface area contributed by atoms with Gasteiger partial charge in [0.2, 0.25) is 5.91 Å². The Kier molecular flexibility index (Phi) is 5.25. The van der Waals surface area contributed by atoms with Crippen LogP contribution in [0.5, 0.6) is 0 Å². The smallest absolute Gasteiger partial charge is 0.306 e. The topological polar surface area (TPSA) is 98.5 Å². The molecule has 19 heavy (non-hydrogen) atoms. The van der Waals surface area contributed by atoms with Crippen molar-refractivity contribution in [2.75, 3.05) is 12.4 Å². The normalized spacial score (nSPS) is 9.79. The second-order valence-electron chi connectivity index (χ2n) is 3.55. The first-order valence-corrected chi connectivity index (χ1v) is 5.62. The predicted octanol–water partition coefficient (Wildman–Crippen LogP) is 2.14. The summed E-state index contributed by atoms with van der Waals surface area (Å²) in [7, 11) is 1.22. The third-order valence-corrected chi connectivity index (χ3v) is 2.53. The summed E-state index contributed by atoms with van der Waals surface area (Å²) in [5, 5.41) is 13.1. The minimum Gasteiger partial charge on any atom is -0.469 e. The van der Waals surface area contributed by atoms with Crippen LogP contribution in [0.4, 0.5) is 11.4 Å². The summed E-state index contributed by atoms with van der Waals surface area (Å²) >= 11 is 5.63. The van der Waals surface area contributed by atoms with E-state index in [-0.39, 0.29) is 29.2 Å². The first-order chi connectivity index (χ1) is 8.93. The molecule has 0 aliphatic heterocycles. The Morgan fingerprint density at radius 2 is 2.11 bits per heavy atom. The number of nitrogens with one attached hydrogen (secondary N) is 1. The van der Waals surface area contributed by atoms with E-state index in [0.29, 0.717) is 0 Å². The van der Waals surface area contributed by atoms with Crippen LogP contribution in [-0.2, 0) is 14.3 Å². The summed E-state index contributed by atoms with van der Waals surface area (Å²) in [4.78, 5) is 32.3. The zero-order valence-corrected chi connectivity index (χ0v) is 10.8. The first kappa shape index (κ1) is 14.9. The number of rotatable bonds is 5. The zero-order valence-electron chi connectivity index (χ0n) is 10.0. The second kappa shape index (κ2) is 6.69. The molecule has 0 heterocycles. The Morgan fingerprint density at radius 1 is 1.42 bits per heavy atom. The van der Waals surface area contributed by atoms with Gasteiger partial charge in [-0.15, -0.1) is 0 Å². The maximum atomic E-state index is 11.5. The van der Waals surface area contributed by atoms with E-state index in [1.165, 1.54) is 19.2 Å². The number of anilines is 1. The fraction of sp³-hybridized carbons (Fsp3) is 0.273. The SMILES string of the molecule is COC(=O)CCC(=O)Nc1ccc(Cl)c([N+](=O)[O-])c1. The summed E-state index contributed by atoms with van der Waals surface area (Å²) in [6, 6.07) is 3.90. The van der Waals surface area contributed by atoms with Gasteiger partial charge in [0.15, 0.2) is 0 Å². The van der Waals surface area contributed by atoms with E-state index >= 15 is 0 Å². The molecule has 0 unspecified atom stereocenters. The number of hydrogen-bond donors (Lipinski definition) is 1. The van der Waals surface area contributed by atoms with E-state index in [2.05, 4.69) is 10.1 Å². The summed E-state index contributed by atoms with van der Waals surface area (Å²) in [5.41, 5.74) is -0.0570. The lowest BCUT2D eigenvalue weighted by atomic mass is 10.2. The van der Waals surface area contributed by atoms with Crippen LogP contribution in [0.25, 0.3) is 0 Å². The van der Waals surface area contributed by atoms with Crippen molar-refractivity contribution in [1.82, 2.24) is 0 Å². The highest BCUT2D eigenvalue weighted by atomic mass is 35.5. The first-order valence-electron chi connectivity index (χ1n) is 5.24. The second-order valence-corrected chi connectivity index (χ2v) is 3.95. The molecule has 1 N–H and O–H groups in total. The molecule has 1 rings (SSSR count). The summed E-state index contributed by atoms with van der Waals surface area (Å²) < 4.78 is 4.39. The quantitative estimate of drug-likeness (QED) is 0.508. The van der Waals surface area contributed by atoms with Gasteiger partial charge in [0, 0.05) is 18.2 Å². The molecule has 0 aliphatic rings. The van der Waals surface area contributed by atoms with Gasteiger partial charge in [-0.2, -0.15) is 0 Å². The maximum Gasteiger partial charge on any atom is 0.306 e. The fourth-order valence-electron chi connectivity index (χ4n) is 1.27. The van der Waals surface area contributed by atoms with Gasteiger partial charge in [-0.3, -0.25) is 19.7 Å². The zero-order chi connectivity index (χ0) is 14.4. The lowest BCUT2D eigenvalue weighted by Gasteiger charge is -2.05. The molecule has 0 fully saturated rings. The van der Waals surface area contributed by atoms with Crippen LogP contribution < -0.4 is 5.32 Å². The minimum absolute atomic E-state index is 0.0161. The Hall–Kier alpha value is -2.15. The van der Waals surface area contributed by atoms with Crippen molar-refractivity contribution in [3.8, 4) is 0 Å². The van der Waals surface area contributed by atoms with Crippen molar-refractivity contribution in [2.24, 2.45) is 0 Å². The number of methoxy groups -OCH3 is 1. The van der Waals surface area contributed by atoms with Gasteiger partial charge in [-0.25, -0.2) is 0 Å². The predicted molar refractivity (Wildman–Crippen MR) is 68.0 cm³/mol. The van der Waals surface area contributed by atoms with Crippen molar-refractivity contribution >= 4 is 34.9 Å². The average molecular weight is 287 g/mol. The Balaban J connectivity index is 2.67. The molecule has 0 saturated carbocycles. The maximum absolute atomic E-state index is 11.5. The number of hydrogen-bond acceptors (Lipinski definition) is 5. The third-order valence-electron chi connectivity index (χ3n) is 2.21. The molecule has 7 nitrogen and oxygen atoms in total. The van der Waals surface area contributed by atoms with Gasteiger partial charge in [-0.05, 0) is 12.1 Å². The number of nitrogens with zero attached hydrogens (tertiary/aromatic N) is 1. The molecule has 0 aromatic heterocycles.